The zero-order chi connectivity index (χ0) is 21.1. The summed E-state index contributed by atoms with van der Waals surface area (Å²) in [6.45, 7) is 0.319. The Bertz CT molecular complexity index is 1070. The topological polar surface area (TPSA) is 181 Å². The molecule has 0 spiro atoms. The molecule has 0 saturated heterocycles. The lowest BCUT2D eigenvalue weighted by Gasteiger charge is -1.98. The number of phenols is 1. The van der Waals surface area contributed by atoms with Gasteiger partial charge in [-0.25, -0.2) is 0 Å². The average molecular weight is 402 g/mol. The number of nitro benzene ring substituents is 3. The highest BCUT2D eigenvalue weighted by atomic mass is 16.7. The maximum Gasteiger partial charge on any atom is 0.324 e. The minimum absolute atomic E-state index is 0.319. The molecule has 3 aromatic rings. The van der Waals surface area contributed by atoms with E-state index in [0.717, 1.165) is 22.3 Å². The molecule has 148 valence electrons. The first-order valence-corrected chi connectivity index (χ1v) is 7.71. The summed E-state index contributed by atoms with van der Waals surface area (Å²) >= 11 is 0. The number of non-ortho nitro benzene ring substituents is 1. The van der Waals surface area contributed by atoms with Crippen molar-refractivity contribution in [3.05, 3.63) is 73.1 Å². The molecule has 1 N–H and O–H groups in total. The van der Waals surface area contributed by atoms with Crippen LogP contribution >= 0.6 is 0 Å². The van der Waals surface area contributed by atoms with Crippen molar-refractivity contribution in [3.63, 3.8) is 0 Å². The number of hydrogen-bond acceptors (Lipinski definition) is 10. The van der Waals surface area contributed by atoms with Crippen LogP contribution in [-0.4, -0.2) is 31.7 Å². The molecule has 13 nitrogen and oxygen atoms in total. The Morgan fingerprint density at radius 1 is 0.862 bits per heavy atom. The normalized spacial score (nSPS) is 11.4. The van der Waals surface area contributed by atoms with Crippen LogP contribution in [0.4, 0.5) is 17.1 Å². The second kappa shape index (κ2) is 7.59. The number of aromatic hydroxyl groups is 1. The number of phenolic OH excluding ortho intramolecular Hbond substituents is 1. The molecule has 4 rings (SSSR count). The molecule has 0 radical (unpaired) electrons. The second-order valence-corrected chi connectivity index (χ2v) is 5.53. The Kier molecular flexibility index (Phi) is 5.03. The fourth-order valence-corrected chi connectivity index (χ4v) is 2.45. The van der Waals surface area contributed by atoms with Crippen LogP contribution in [0.5, 0.6) is 17.2 Å². The highest BCUT2D eigenvalue weighted by molar-refractivity contribution is 5.85. The van der Waals surface area contributed by atoms with Crippen LogP contribution in [-0.2, 0) is 0 Å². The standard InChI is InChI=1S/C10H7NO2.C6H3N3O7/c1-2-11-5-8-4-10-9(3-7(1)8)12-6-13-10;10-6-4(8(13)14)1-3(7(11)12)2-5(6)9(15)16/h1-5H,6H2;1-2,10H. The molecule has 1 aliphatic rings. The van der Waals surface area contributed by atoms with E-state index in [4.69, 9.17) is 14.6 Å². The van der Waals surface area contributed by atoms with Crippen molar-refractivity contribution in [2.24, 2.45) is 0 Å². The Morgan fingerprint density at radius 2 is 1.41 bits per heavy atom. The van der Waals surface area contributed by atoms with Gasteiger partial charge < -0.3 is 14.6 Å². The molecule has 13 heteroatoms. The van der Waals surface area contributed by atoms with Crippen molar-refractivity contribution < 1.29 is 29.4 Å². The lowest BCUT2D eigenvalue weighted by atomic mass is 10.1. The summed E-state index contributed by atoms with van der Waals surface area (Å²) in [7, 11) is 0. The van der Waals surface area contributed by atoms with Crippen molar-refractivity contribution in [2.75, 3.05) is 6.79 Å². The van der Waals surface area contributed by atoms with Gasteiger partial charge in [0.1, 0.15) is 0 Å². The Labute approximate surface area is 160 Å². The number of benzene rings is 2. The number of aromatic nitrogens is 1. The Balaban J connectivity index is 0.000000168. The number of nitrogens with zero attached hydrogens (tertiary/aromatic N) is 4. The number of pyridine rings is 1. The quantitative estimate of drug-likeness (QED) is 0.505. The summed E-state index contributed by atoms with van der Waals surface area (Å²) in [5.74, 6) is 0.416. The van der Waals surface area contributed by atoms with Gasteiger partial charge >= 0.3 is 11.4 Å². The maximum absolute atomic E-state index is 10.4. The lowest BCUT2D eigenvalue weighted by Crippen LogP contribution is -1.97. The molecule has 0 aliphatic carbocycles. The lowest BCUT2D eigenvalue weighted by molar-refractivity contribution is -0.404. The van der Waals surface area contributed by atoms with Crippen LogP contribution in [0.1, 0.15) is 0 Å². The Hall–Kier alpha value is -4.55. The molecule has 2 aromatic carbocycles. The highest BCUT2D eigenvalue weighted by Gasteiger charge is 2.30. The van der Waals surface area contributed by atoms with E-state index in [0.29, 0.717) is 18.9 Å². The van der Waals surface area contributed by atoms with Gasteiger partial charge in [0.25, 0.3) is 11.4 Å². The van der Waals surface area contributed by atoms with Crippen LogP contribution < -0.4 is 9.47 Å². The van der Waals surface area contributed by atoms with Gasteiger partial charge in [0.2, 0.25) is 6.79 Å². The molecular weight excluding hydrogens is 392 g/mol. The maximum atomic E-state index is 10.4. The summed E-state index contributed by atoms with van der Waals surface area (Å²) in [5, 5.41) is 42.4. The largest absolute Gasteiger partial charge is 0.497 e. The van der Waals surface area contributed by atoms with E-state index < -0.39 is 37.6 Å². The number of nitro groups is 3. The van der Waals surface area contributed by atoms with E-state index in [1.54, 1.807) is 6.20 Å². The zero-order valence-electron chi connectivity index (χ0n) is 14.3. The zero-order valence-corrected chi connectivity index (χ0v) is 14.3. The van der Waals surface area contributed by atoms with E-state index in [9.17, 15) is 30.3 Å². The van der Waals surface area contributed by atoms with Crippen LogP contribution in [0.25, 0.3) is 10.8 Å². The summed E-state index contributed by atoms with van der Waals surface area (Å²) < 4.78 is 10.5. The van der Waals surface area contributed by atoms with Crippen LogP contribution in [0, 0.1) is 30.3 Å². The molecular formula is C16H10N4O9. The molecule has 1 aromatic heterocycles. The fourth-order valence-electron chi connectivity index (χ4n) is 2.45. The molecule has 0 unspecified atom stereocenters. The van der Waals surface area contributed by atoms with Gasteiger partial charge in [-0.15, -0.1) is 0 Å². The summed E-state index contributed by atoms with van der Waals surface area (Å²) in [6.07, 6.45) is 3.59. The molecule has 29 heavy (non-hydrogen) atoms. The second-order valence-electron chi connectivity index (χ2n) is 5.53. The van der Waals surface area contributed by atoms with Gasteiger partial charge in [-0.3, -0.25) is 35.3 Å². The van der Waals surface area contributed by atoms with Crippen LogP contribution in [0.2, 0.25) is 0 Å². The SMILES string of the molecule is O=[N+]([O-])c1cc([N+](=O)[O-])c(O)c([N+](=O)[O-])c1.c1cc2cc3c(cc2cn1)OCO3. The van der Waals surface area contributed by atoms with Crippen molar-refractivity contribution in [1.29, 1.82) is 0 Å². The highest BCUT2D eigenvalue weighted by Crippen LogP contribution is 2.39. The molecule has 0 fully saturated rings. The fraction of sp³-hybridized carbons (Fsp3) is 0.0625. The first kappa shape index (κ1) is 19.2. The third-order valence-electron chi connectivity index (χ3n) is 3.79. The van der Waals surface area contributed by atoms with E-state index in [1.165, 1.54) is 0 Å². The van der Waals surface area contributed by atoms with Gasteiger partial charge in [-0.2, -0.15) is 0 Å². The number of hydrogen-bond donors (Lipinski definition) is 1. The molecule has 0 saturated carbocycles. The summed E-state index contributed by atoms with van der Waals surface area (Å²) in [5.41, 5.74) is -3.00. The molecule has 0 amide bonds. The van der Waals surface area contributed by atoms with Crippen molar-refractivity contribution in [3.8, 4) is 17.2 Å². The monoisotopic (exact) mass is 402 g/mol. The molecule has 0 atom stereocenters. The number of rotatable bonds is 3. The predicted molar refractivity (Wildman–Crippen MR) is 95.9 cm³/mol. The van der Waals surface area contributed by atoms with E-state index >= 15 is 0 Å². The van der Waals surface area contributed by atoms with Crippen molar-refractivity contribution >= 4 is 27.8 Å². The molecule has 1 aliphatic heterocycles. The number of fused-ring (bicyclic) bond motifs is 2. The molecule has 0 bridgehead atoms. The van der Waals surface area contributed by atoms with Crippen LogP contribution in [0.3, 0.4) is 0 Å². The van der Waals surface area contributed by atoms with E-state index in [-0.39, 0.29) is 0 Å². The summed E-state index contributed by atoms with van der Waals surface area (Å²) in [6, 6.07) is 6.77. The van der Waals surface area contributed by atoms with Crippen molar-refractivity contribution in [1.82, 2.24) is 4.98 Å². The minimum atomic E-state index is -1.21. The Morgan fingerprint density at radius 3 is 1.93 bits per heavy atom. The molecule has 2 heterocycles. The number of ether oxygens (including phenoxy) is 2. The van der Waals surface area contributed by atoms with Gasteiger partial charge in [0.05, 0.1) is 26.9 Å². The van der Waals surface area contributed by atoms with Crippen molar-refractivity contribution in [2.45, 2.75) is 0 Å². The average Bonchev–Trinajstić information content (AvgIpc) is 3.13. The minimum Gasteiger partial charge on any atom is -0.497 e. The smallest absolute Gasteiger partial charge is 0.324 e. The van der Waals surface area contributed by atoms with E-state index in [2.05, 4.69) is 4.98 Å². The predicted octanol–water partition coefficient (Wildman–Crippen LogP) is 3.08. The van der Waals surface area contributed by atoms with Gasteiger partial charge in [0, 0.05) is 17.8 Å². The first-order valence-electron chi connectivity index (χ1n) is 7.71. The van der Waals surface area contributed by atoms with Gasteiger partial charge in [-0.05, 0) is 23.6 Å². The van der Waals surface area contributed by atoms with Gasteiger partial charge in [0.15, 0.2) is 11.5 Å². The third-order valence-corrected chi connectivity index (χ3v) is 3.79. The summed E-state index contributed by atoms with van der Waals surface area (Å²) in [4.78, 5) is 31.8. The first-order chi connectivity index (χ1) is 13.8. The van der Waals surface area contributed by atoms with E-state index in [1.807, 2.05) is 24.4 Å². The van der Waals surface area contributed by atoms with Crippen LogP contribution in [0.15, 0.2) is 42.7 Å². The van der Waals surface area contributed by atoms with Gasteiger partial charge in [-0.1, -0.05) is 0 Å². The third kappa shape index (κ3) is 3.92.